The summed E-state index contributed by atoms with van der Waals surface area (Å²) < 4.78 is 4.44. The number of halogens is 1. The molecule has 1 aromatic carbocycles. The van der Waals surface area contributed by atoms with Gasteiger partial charge in [0.15, 0.2) is 5.78 Å². The Morgan fingerprint density at radius 2 is 1.75 bits per heavy atom. The minimum Gasteiger partial charge on any atom is -0.469 e. The second-order valence-electron chi connectivity index (χ2n) is 4.11. The summed E-state index contributed by atoms with van der Waals surface area (Å²) >= 11 is 5.73. The van der Waals surface area contributed by atoms with E-state index in [9.17, 15) is 14.4 Å². The van der Waals surface area contributed by atoms with Crippen molar-refractivity contribution < 1.29 is 19.1 Å². The van der Waals surface area contributed by atoms with Gasteiger partial charge in [-0.1, -0.05) is 11.6 Å². The van der Waals surface area contributed by atoms with Gasteiger partial charge in [0.05, 0.1) is 13.5 Å². The van der Waals surface area contributed by atoms with Crippen LogP contribution in [0.15, 0.2) is 24.3 Å². The SMILES string of the molecule is COC(=O)CCNC(=O)CCC(=O)c1ccc(Cl)cc1. The zero-order valence-electron chi connectivity index (χ0n) is 11.1. The molecule has 0 radical (unpaired) electrons. The second kappa shape index (κ2) is 8.32. The third-order valence-electron chi connectivity index (χ3n) is 2.62. The van der Waals surface area contributed by atoms with E-state index in [1.165, 1.54) is 7.11 Å². The maximum absolute atomic E-state index is 11.8. The first-order valence-corrected chi connectivity index (χ1v) is 6.53. The van der Waals surface area contributed by atoms with Crippen LogP contribution in [0.2, 0.25) is 5.02 Å². The number of carbonyl (C=O) groups is 3. The molecule has 0 aliphatic rings. The van der Waals surface area contributed by atoms with E-state index in [2.05, 4.69) is 10.1 Å². The number of ketones is 1. The van der Waals surface area contributed by atoms with Crippen LogP contribution in [0.3, 0.4) is 0 Å². The van der Waals surface area contributed by atoms with E-state index < -0.39 is 0 Å². The van der Waals surface area contributed by atoms with Crippen LogP contribution in [-0.4, -0.2) is 31.3 Å². The highest BCUT2D eigenvalue weighted by atomic mass is 35.5. The van der Waals surface area contributed by atoms with Gasteiger partial charge in [-0.2, -0.15) is 0 Å². The van der Waals surface area contributed by atoms with Crippen molar-refractivity contribution in [3.05, 3.63) is 34.9 Å². The van der Waals surface area contributed by atoms with Crippen LogP contribution in [0.5, 0.6) is 0 Å². The zero-order chi connectivity index (χ0) is 15.0. The first-order valence-electron chi connectivity index (χ1n) is 6.15. The fourth-order valence-electron chi connectivity index (χ4n) is 1.50. The van der Waals surface area contributed by atoms with Crippen LogP contribution in [0.4, 0.5) is 0 Å². The Morgan fingerprint density at radius 1 is 1.10 bits per heavy atom. The summed E-state index contributed by atoms with van der Waals surface area (Å²) in [6.45, 7) is 0.209. The predicted molar refractivity (Wildman–Crippen MR) is 74.7 cm³/mol. The van der Waals surface area contributed by atoms with Crippen molar-refractivity contribution in [3.63, 3.8) is 0 Å². The highest BCUT2D eigenvalue weighted by Crippen LogP contribution is 2.11. The van der Waals surface area contributed by atoms with Gasteiger partial charge in [0.2, 0.25) is 5.91 Å². The van der Waals surface area contributed by atoms with Gasteiger partial charge in [0.1, 0.15) is 0 Å². The molecule has 6 heteroatoms. The summed E-state index contributed by atoms with van der Waals surface area (Å²) in [4.78, 5) is 34.1. The molecular formula is C14H16ClNO4. The molecule has 0 aliphatic heterocycles. The zero-order valence-corrected chi connectivity index (χ0v) is 11.9. The number of methoxy groups -OCH3 is 1. The number of esters is 1. The smallest absolute Gasteiger partial charge is 0.307 e. The Labute approximate surface area is 122 Å². The molecule has 1 amide bonds. The average Bonchev–Trinajstić information content (AvgIpc) is 2.45. The quantitative estimate of drug-likeness (QED) is 0.617. The van der Waals surface area contributed by atoms with Crippen molar-refractivity contribution in [1.29, 1.82) is 0 Å². The highest BCUT2D eigenvalue weighted by Gasteiger charge is 2.09. The fourth-order valence-corrected chi connectivity index (χ4v) is 1.63. The molecule has 0 spiro atoms. The molecule has 0 bridgehead atoms. The number of benzene rings is 1. The Kier molecular flexibility index (Phi) is 6.73. The second-order valence-corrected chi connectivity index (χ2v) is 4.54. The van der Waals surface area contributed by atoms with E-state index in [1.807, 2.05) is 0 Å². The monoisotopic (exact) mass is 297 g/mol. The first kappa shape index (κ1) is 16.2. The van der Waals surface area contributed by atoms with Crippen LogP contribution in [0.25, 0.3) is 0 Å². The Morgan fingerprint density at radius 3 is 2.35 bits per heavy atom. The van der Waals surface area contributed by atoms with Crippen molar-refractivity contribution in [2.45, 2.75) is 19.3 Å². The van der Waals surface area contributed by atoms with Gasteiger partial charge >= 0.3 is 5.97 Å². The minimum atomic E-state index is -0.387. The van der Waals surface area contributed by atoms with Crippen LogP contribution in [0, 0.1) is 0 Å². The molecule has 0 heterocycles. The molecule has 20 heavy (non-hydrogen) atoms. The Hall–Kier alpha value is -1.88. The molecule has 1 N–H and O–H groups in total. The van der Waals surface area contributed by atoms with E-state index in [0.29, 0.717) is 10.6 Å². The van der Waals surface area contributed by atoms with Gasteiger partial charge in [0.25, 0.3) is 0 Å². The van der Waals surface area contributed by atoms with Gasteiger partial charge in [-0.15, -0.1) is 0 Å². The molecule has 5 nitrogen and oxygen atoms in total. The van der Waals surface area contributed by atoms with Crippen LogP contribution < -0.4 is 5.32 Å². The fraction of sp³-hybridized carbons (Fsp3) is 0.357. The lowest BCUT2D eigenvalue weighted by Gasteiger charge is -2.04. The Bertz CT molecular complexity index is 484. The number of nitrogens with one attached hydrogen (secondary N) is 1. The largest absolute Gasteiger partial charge is 0.469 e. The van der Waals surface area contributed by atoms with Crippen molar-refractivity contribution >= 4 is 29.3 Å². The van der Waals surface area contributed by atoms with Crippen molar-refractivity contribution in [2.24, 2.45) is 0 Å². The van der Waals surface area contributed by atoms with Crippen LogP contribution >= 0.6 is 11.6 Å². The average molecular weight is 298 g/mol. The summed E-state index contributed by atoms with van der Waals surface area (Å²) in [5.41, 5.74) is 0.525. The molecule has 0 unspecified atom stereocenters. The lowest BCUT2D eigenvalue weighted by Crippen LogP contribution is -2.26. The molecule has 1 rings (SSSR count). The summed E-state index contributed by atoms with van der Waals surface area (Å²) in [5, 5.41) is 3.11. The topological polar surface area (TPSA) is 72.5 Å². The number of amides is 1. The number of ether oxygens (including phenoxy) is 1. The molecule has 0 atom stereocenters. The summed E-state index contributed by atoms with van der Waals surface area (Å²) in [6, 6.07) is 6.51. The summed E-state index contributed by atoms with van der Waals surface area (Å²) in [6.07, 6.45) is 0.321. The highest BCUT2D eigenvalue weighted by molar-refractivity contribution is 6.30. The summed E-state index contributed by atoms with van der Waals surface area (Å²) in [7, 11) is 1.29. The Balaban J connectivity index is 2.28. The molecule has 1 aromatic rings. The number of rotatable bonds is 7. The molecule has 0 saturated heterocycles. The van der Waals surface area contributed by atoms with E-state index in [-0.39, 0.29) is 43.5 Å². The number of Topliss-reactive ketones (excluding diaryl/α,β-unsaturated/α-hetero) is 1. The number of carbonyl (C=O) groups excluding carboxylic acids is 3. The number of hydrogen-bond donors (Lipinski definition) is 1. The third-order valence-corrected chi connectivity index (χ3v) is 2.88. The van der Waals surface area contributed by atoms with Gasteiger partial charge in [-0.3, -0.25) is 14.4 Å². The van der Waals surface area contributed by atoms with Gasteiger partial charge < -0.3 is 10.1 Å². The maximum atomic E-state index is 11.8. The molecule has 0 saturated carbocycles. The molecular weight excluding hydrogens is 282 g/mol. The lowest BCUT2D eigenvalue weighted by atomic mass is 10.1. The van der Waals surface area contributed by atoms with E-state index in [0.717, 1.165) is 0 Å². The van der Waals surface area contributed by atoms with Gasteiger partial charge in [-0.05, 0) is 24.3 Å². The van der Waals surface area contributed by atoms with E-state index in [1.54, 1.807) is 24.3 Å². The number of hydrogen-bond acceptors (Lipinski definition) is 4. The lowest BCUT2D eigenvalue weighted by molar-refractivity contribution is -0.140. The van der Waals surface area contributed by atoms with Crippen molar-refractivity contribution in [3.8, 4) is 0 Å². The van der Waals surface area contributed by atoms with E-state index >= 15 is 0 Å². The normalized spacial score (nSPS) is 9.90. The third kappa shape index (κ3) is 5.84. The van der Waals surface area contributed by atoms with Crippen molar-refractivity contribution in [1.82, 2.24) is 5.32 Å². The molecule has 0 aromatic heterocycles. The predicted octanol–water partition coefficient (Wildman–Crippen LogP) is 1.98. The van der Waals surface area contributed by atoms with Crippen molar-refractivity contribution in [2.75, 3.05) is 13.7 Å². The van der Waals surface area contributed by atoms with Crippen LogP contribution in [-0.2, 0) is 14.3 Å². The van der Waals surface area contributed by atoms with Gasteiger partial charge in [-0.25, -0.2) is 0 Å². The first-order chi connectivity index (χ1) is 9.52. The van der Waals surface area contributed by atoms with Crippen LogP contribution in [0.1, 0.15) is 29.6 Å². The molecule has 0 fully saturated rings. The maximum Gasteiger partial charge on any atom is 0.307 e. The standard InChI is InChI=1S/C14H16ClNO4/c1-20-14(19)8-9-16-13(18)7-6-12(17)10-2-4-11(15)5-3-10/h2-5H,6-9H2,1H3,(H,16,18). The molecule has 0 aliphatic carbocycles. The minimum absolute atomic E-state index is 0.0859. The summed E-state index contributed by atoms with van der Waals surface area (Å²) in [5.74, 6) is -0.774. The van der Waals surface area contributed by atoms with E-state index in [4.69, 9.17) is 11.6 Å². The van der Waals surface area contributed by atoms with Gasteiger partial charge in [0, 0.05) is 30.0 Å². The molecule has 108 valence electrons.